The molecule has 0 saturated carbocycles. The highest BCUT2D eigenvalue weighted by atomic mass is 79.9. The highest BCUT2D eigenvalue weighted by Gasteiger charge is 2.10. The van der Waals surface area contributed by atoms with Gasteiger partial charge in [0, 0.05) is 4.47 Å². The van der Waals surface area contributed by atoms with Gasteiger partial charge in [-0.3, -0.25) is 0 Å². The van der Waals surface area contributed by atoms with Gasteiger partial charge in [-0.2, -0.15) is 0 Å². The lowest BCUT2D eigenvalue weighted by molar-refractivity contribution is 0.273. The van der Waals surface area contributed by atoms with Crippen LogP contribution in [0.4, 0.5) is 13.2 Å². The lowest BCUT2D eigenvalue weighted by atomic mass is 10.2. The van der Waals surface area contributed by atoms with Crippen LogP contribution in [0.5, 0.6) is 5.75 Å². The van der Waals surface area contributed by atoms with Crippen molar-refractivity contribution >= 4 is 15.9 Å². The van der Waals surface area contributed by atoms with Crippen LogP contribution in [0.2, 0.25) is 0 Å². The molecule has 0 unspecified atom stereocenters. The van der Waals surface area contributed by atoms with Crippen molar-refractivity contribution in [1.29, 1.82) is 0 Å². The Morgan fingerprint density at radius 3 is 2.28 bits per heavy atom. The van der Waals surface area contributed by atoms with Crippen LogP contribution in [-0.2, 0) is 6.61 Å². The zero-order valence-corrected chi connectivity index (χ0v) is 10.7. The molecule has 0 heterocycles. The van der Waals surface area contributed by atoms with E-state index in [9.17, 15) is 13.2 Å². The third-order valence-electron chi connectivity index (χ3n) is 2.22. The molecule has 2 aromatic carbocycles. The van der Waals surface area contributed by atoms with Gasteiger partial charge in [-0.25, -0.2) is 13.2 Å². The van der Waals surface area contributed by atoms with Crippen molar-refractivity contribution in [1.82, 2.24) is 0 Å². The molecule has 0 saturated heterocycles. The zero-order valence-electron chi connectivity index (χ0n) is 9.09. The van der Waals surface area contributed by atoms with E-state index in [1.165, 1.54) is 18.2 Å². The molecule has 0 bridgehead atoms. The smallest absolute Gasteiger partial charge is 0.191 e. The maximum atomic E-state index is 13.3. The van der Waals surface area contributed by atoms with Gasteiger partial charge in [0.25, 0.3) is 0 Å². The number of hydrogen-bond donors (Lipinski definition) is 0. The second-order valence-corrected chi connectivity index (χ2v) is 4.53. The van der Waals surface area contributed by atoms with Gasteiger partial charge in [0.15, 0.2) is 17.4 Å². The first kappa shape index (κ1) is 13.0. The maximum absolute atomic E-state index is 13.3. The number of ether oxygens (including phenoxy) is 1. The Kier molecular flexibility index (Phi) is 3.91. The van der Waals surface area contributed by atoms with E-state index in [4.69, 9.17) is 4.74 Å². The van der Waals surface area contributed by atoms with Crippen molar-refractivity contribution in [3.05, 3.63) is 63.9 Å². The molecular weight excluding hydrogens is 309 g/mol. The molecule has 0 N–H and O–H groups in total. The van der Waals surface area contributed by atoms with Crippen molar-refractivity contribution in [3.63, 3.8) is 0 Å². The summed E-state index contributed by atoms with van der Waals surface area (Å²) in [6.45, 7) is -0.117. The van der Waals surface area contributed by atoms with E-state index in [0.717, 1.165) is 12.1 Å². The van der Waals surface area contributed by atoms with Crippen LogP contribution in [0.1, 0.15) is 5.56 Å². The minimum Gasteiger partial charge on any atom is -0.483 e. The van der Waals surface area contributed by atoms with Gasteiger partial charge in [0.05, 0.1) is 0 Å². The monoisotopic (exact) mass is 316 g/mol. The molecule has 0 spiro atoms. The number of halogens is 4. The molecule has 0 radical (unpaired) electrons. The average Bonchev–Trinajstić information content (AvgIpc) is 2.27. The van der Waals surface area contributed by atoms with Gasteiger partial charge in [-0.1, -0.05) is 22.0 Å². The van der Waals surface area contributed by atoms with Crippen LogP contribution < -0.4 is 4.74 Å². The van der Waals surface area contributed by atoms with E-state index >= 15 is 0 Å². The normalized spacial score (nSPS) is 10.4. The van der Waals surface area contributed by atoms with Crippen molar-refractivity contribution in [2.75, 3.05) is 0 Å². The van der Waals surface area contributed by atoms with Gasteiger partial charge in [-0.05, 0) is 35.9 Å². The van der Waals surface area contributed by atoms with Crippen LogP contribution in [0, 0.1) is 17.5 Å². The van der Waals surface area contributed by atoms with Gasteiger partial charge >= 0.3 is 0 Å². The largest absolute Gasteiger partial charge is 0.483 e. The summed E-state index contributed by atoms with van der Waals surface area (Å²) < 4.78 is 45.2. The van der Waals surface area contributed by atoms with Crippen molar-refractivity contribution in [2.24, 2.45) is 0 Å². The Morgan fingerprint density at radius 2 is 1.67 bits per heavy atom. The summed E-state index contributed by atoms with van der Waals surface area (Å²) in [5.74, 6) is -2.48. The molecule has 0 aliphatic carbocycles. The minimum absolute atomic E-state index is 0.117. The summed E-state index contributed by atoms with van der Waals surface area (Å²) in [7, 11) is 0. The Hall–Kier alpha value is -1.49. The van der Waals surface area contributed by atoms with Crippen LogP contribution in [0.25, 0.3) is 0 Å². The molecular formula is C13H8BrF3O. The number of para-hydroxylation sites is 1. The number of hydrogen-bond acceptors (Lipinski definition) is 1. The predicted molar refractivity (Wildman–Crippen MR) is 64.8 cm³/mol. The van der Waals surface area contributed by atoms with E-state index < -0.39 is 23.2 Å². The van der Waals surface area contributed by atoms with Crippen molar-refractivity contribution < 1.29 is 17.9 Å². The lowest BCUT2D eigenvalue weighted by Gasteiger charge is -2.08. The summed E-state index contributed by atoms with van der Waals surface area (Å²) in [5, 5.41) is 0. The Balaban J connectivity index is 2.16. The standard InChI is InChI=1S/C13H8BrF3O/c14-9-4-8(5-10(15)6-9)7-18-13-11(16)2-1-3-12(13)17/h1-6H,7H2. The summed E-state index contributed by atoms with van der Waals surface area (Å²) in [6.07, 6.45) is 0. The summed E-state index contributed by atoms with van der Waals surface area (Å²) in [4.78, 5) is 0. The molecule has 0 amide bonds. The van der Waals surface area contributed by atoms with Crippen LogP contribution in [0.15, 0.2) is 40.9 Å². The van der Waals surface area contributed by atoms with Crippen LogP contribution in [-0.4, -0.2) is 0 Å². The topological polar surface area (TPSA) is 9.23 Å². The fourth-order valence-electron chi connectivity index (χ4n) is 1.47. The van der Waals surface area contributed by atoms with E-state index in [2.05, 4.69) is 15.9 Å². The molecule has 2 aromatic rings. The van der Waals surface area contributed by atoms with E-state index in [1.807, 2.05) is 0 Å². The maximum Gasteiger partial charge on any atom is 0.191 e. The van der Waals surface area contributed by atoms with Gasteiger partial charge in [0.1, 0.15) is 12.4 Å². The van der Waals surface area contributed by atoms with Gasteiger partial charge in [0.2, 0.25) is 0 Å². The molecule has 0 aliphatic rings. The third-order valence-corrected chi connectivity index (χ3v) is 2.68. The molecule has 0 aliphatic heterocycles. The second-order valence-electron chi connectivity index (χ2n) is 3.62. The highest BCUT2D eigenvalue weighted by Crippen LogP contribution is 2.23. The van der Waals surface area contributed by atoms with E-state index in [-0.39, 0.29) is 6.61 Å². The highest BCUT2D eigenvalue weighted by molar-refractivity contribution is 9.10. The van der Waals surface area contributed by atoms with E-state index in [1.54, 1.807) is 6.07 Å². The van der Waals surface area contributed by atoms with Crippen LogP contribution >= 0.6 is 15.9 Å². The molecule has 0 aromatic heterocycles. The second kappa shape index (κ2) is 5.44. The summed E-state index contributed by atoms with van der Waals surface area (Å²) in [6, 6.07) is 7.58. The summed E-state index contributed by atoms with van der Waals surface area (Å²) >= 11 is 3.12. The molecule has 0 atom stereocenters. The SMILES string of the molecule is Fc1cc(Br)cc(COc2c(F)cccc2F)c1. The van der Waals surface area contributed by atoms with Gasteiger partial charge < -0.3 is 4.74 Å². The first-order valence-corrected chi connectivity index (χ1v) is 5.87. The third kappa shape index (κ3) is 3.04. The zero-order chi connectivity index (χ0) is 13.1. The Labute approximate surface area is 110 Å². The molecule has 2 rings (SSSR count). The summed E-state index contributed by atoms with van der Waals surface area (Å²) in [5.41, 5.74) is 0.476. The number of benzene rings is 2. The Bertz CT molecular complexity index is 532. The molecule has 5 heteroatoms. The predicted octanol–water partition coefficient (Wildman–Crippen LogP) is 4.45. The van der Waals surface area contributed by atoms with Crippen molar-refractivity contribution in [3.8, 4) is 5.75 Å². The molecule has 94 valence electrons. The minimum atomic E-state index is -0.787. The van der Waals surface area contributed by atoms with Gasteiger partial charge in [-0.15, -0.1) is 0 Å². The quantitative estimate of drug-likeness (QED) is 0.813. The molecule has 18 heavy (non-hydrogen) atoms. The molecule has 0 fully saturated rings. The first-order valence-electron chi connectivity index (χ1n) is 5.08. The lowest BCUT2D eigenvalue weighted by Crippen LogP contribution is -2.00. The molecule has 1 nitrogen and oxygen atoms in total. The van der Waals surface area contributed by atoms with Crippen LogP contribution in [0.3, 0.4) is 0 Å². The first-order chi connectivity index (χ1) is 8.56. The van der Waals surface area contributed by atoms with Crippen molar-refractivity contribution in [2.45, 2.75) is 6.61 Å². The Morgan fingerprint density at radius 1 is 1.00 bits per heavy atom. The number of rotatable bonds is 3. The fraction of sp³-hybridized carbons (Fsp3) is 0.0769. The average molecular weight is 317 g/mol. The fourth-order valence-corrected chi connectivity index (χ4v) is 1.98. The van der Waals surface area contributed by atoms with E-state index in [0.29, 0.717) is 10.0 Å².